The van der Waals surface area contributed by atoms with Gasteiger partial charge >= 0.3 is 0 Å². The van der Waals surface area contributed by atoms with Crippen LogP contribution in [0.15, 0.2) is 24.3 Å². The Morgan fingerprint density at radius 1 is 1.41 bits per heavy atom. The third-order valence-electron chi connectivity index (χ3n) is 3.07. The molecule has 0 spiro atoms. The van der Waals surface area contributed by atoms with Crippen LogP contribution >= 0.6 is 22.6 Å². The minimum Gasteiger partial charge on any atom is -0.497 e. The van der Waals surface area contributed by atoms with E-state index in [1.165, 1.54) is 5.56 Å². The van der Waals surface area contributed by atoms with Crippen molar-refractivity contribution in [1.82, 2.24) is 4.90 Å². The SMILES string of the molecule is COc1ccc(CN2CCOC[C@H]2CI)cc1. The predicted octanol–water partition coefficient (Wildman–Crippen LogP) is 2.33. The molecule has 4 heteroatoms. The number of methoxy groups -OCH3 is 1. The molecule has 0 radical (unpaired) electrons. The van der Waals surface area contributed by atoms with Crippen molar-refractivity contribution in [2.45, 2.75) is 12.6 Å². The maximum Gasteiger partial charge on any atom is 0.118 e. The summed E-state index contributed by atoms with van der Waals surface area (Å²) < 4.78 is 11.8. The van der Waals surface area contributed by atoms with E-state index in [2.05, 4.69) is 39.6 Å². The number of rotatable bonds is 4. The zero-order valence-corrected chi connectivity index (χ0v) is 12.2. The van der Waals surface area contributed by atoms with Crippen LogP contribution in [0.25, 0.3) is 0 Å². The molecular weight excluding hydrogens is 329 g/mol. The van der Waals surface area contributed by atoms with Crippen LogP contribution in [-0.4, -0.2) is 42.2 Å². The molecule has 0 bridgehead atoms. The number of morpholine rings is 1. The first-order chi connectivity index (χ1) is 8.33. The molecule has 0 unspecified atom stereocenters. The summed E-state index contributed by atoms with van der Waals surface area (Å²) in [7, 11) is 1.70. The Hall–Kier alpha value is -0.330. The molecule has 0 saturated carbocycles. The van der Waals surface area contributed by atoms with E-state index >= 15 is 0 Å². The first-order valence-corrected chi connectivity index (χ1v) is 7.36. The van der Waals surface area contributed by atoms with E-state index in [-0.39, 0.29) is 0 Å². The average Bonchev–Trinajstić information content (AvgIpc) is 2.40. The van der Waals surface area contributed by atoms with Crippen LogP contribution < -0.4 is 4.74 Å². The fraction of sp³-hybridized carbons (Fsp3) is 0.538. The lowest BCUT2D eigenvalue weighted by Gasteiger charge is -2.34. The quantitative estimate of drug-likeness (QED) is 0.617. The summed E-state index contributed by atoms with van der Waals surface area (Å²) in [5.41, 5.74) is 1.34. The third kappa shape index (κ3) is 3.56. The number of benzene rings is 1. The van der Waals surface area contributed by atoms with Crippen LogP contribution in [0.2, 0.25) is 0 Å². The minimum absolute atomic E-state index is 0.548. The van der Waals surface area contributed by atoms with Crippen molar-refractivity contribution in [3.8, 4) is 5.75 Å². The molecule has 1 aromatic rings. The Morgan fingerprint density at radius 2 is 2.18 bits per heavy atom. The summed E-state index contributed by atoms with van der Waals surface area (Å²) in [4.78, 5) is 2.50. The second kappa shape index (κ2) is 6.56. The number of hydrogen-bond donors (Lipinski definition) is 0. The molecule has 1 aliphatic heterocycles. The van der Waals surface area contributed by atoms with Gasteiger partial charge in [-0.3, -0.25) is 4.90 Å². The summed E-state index contributed by atoms with van der Waals surface area (Å²) in [6.07, 6.45) is 0. The van der Waals surface area contributed by atoms with E-state index in [4.69, 9.17) is 9.47 Å². The van der Waals surface area contributed by atoms with Gasteiger partial charge in [-0.2, -0.15) is 0 Å². The zero-order valence-electron chi connectivity index (χ0n) is 10.1. The molecule has 94 valence electrons. The highest BCUT2D eigenvalue weighted by Gasteiger charge is 2.21. The average molecular weight is 347 g/mol. The molecule has 1 aromatic carbocycles. The fourth-order valence-corrected chi connectivity index (χ4v) is 2.82. The lowest BCUT2D eigenvalue weighted by atomic mass is 10.1. The van der Waals surface area contributed by atoms with Crippen molar-refractivity contribution in [3.63, 3.8) is 0 Å². The van der Waals surface area contributed by atoms with Gasteiger partial charge in [-0.1, -0.05) is 34.7 Å². The van der Waals surface area contributed by atoms with E-state index < -0.39 is 0 Å². The molecule has 17 heavy (non-hydrogen) atoms. The highest BCUT2D eigenvalue weighted by atomic mass is 127. The molecular formula is C13H18INO2. The number of halogens is 1. The Morgan fingerprint density at radius 3 is 2.82 bits per heavy atom. The molecule has 1 aliphatic rings. The highest BCUT2D eigenvalue weighted by Crippen LogP contribution is 2.16. The largest absolute Gasteiger partial charge is 0.497 e. The van der Waals surface area contributed by atoms with Gasteiger partial charge in [0.05, 0.1) is 20.3 Å². The van der Waals surface area contributed by atoms with Gasteiger partial charge in [0.15, 0.2) is 0 Å². The molecule has 1 heterocycles. The maximum atomic E-state index is 5.51. The Balaban J connectivity index is 1.98. The van der Waals surface area contributed by atoms with Crippen LogP contribution in [0, 0.1) is 0 Å². The van der Waals surface area contributed by atoms with Crippen molar-refractivity contribution in [2.75, 3.05) is 31.3 Å². The van der Waals surface area contributed by atoms with Crippen LogP contribution in [0.3, 0.4) is 0 Å². The van der Waals surface area contributed by atoms with Gasteiger partial charge in [0.1, 0.15) is 5.75 Å². The third-order valence-corrected chi connectivity index (χ3v) is 4.09. The van der Waals surface area contributed by atoms with Crippen LogP contribution in [0.1, 0.15) is 5.56 Å². The second-order valence-electron chi connectivity index (χ2n) is 4.20. The lowest BCUT2D eigenvalue weighted by molar-refractivity contribution is -0.00152. The zero-order chi connectivity index (χ0) is 12.1. The first kappa shape index (κ1) is 13.1. The number of nitrogens with zero attached hydrogens (tertiary/aromatic N) is 1. The van der Waals surface area contributed by atoms with Crippen molar-refractivity contribution in [1.29, 1.82) is 0 Å². The standard InChI is InChI=1S/C13H18INO2/c1-16-13-4-2-11(3-5-13)9-15-6-7-17-10-12(15)8-14/h2-5,12H,6-10H2,1H3/t12-/m1/s1. The van der Waals surface area contributed by atoms with E-state index in [1.807, 2.05) is 12.1 Å². The van der Waals surface area contributed by atoms with E-state index in [0.29, 0.717) is 6.04 Å². The van der Waals surface area contributed by atoms with Gasteiger partial charge in [0.2, 0.25) is 0 Å². The van der Waals surface area contributed by atoms with Crippen molar-refractivity contribution >= 4 is 22.6 Å². The lowest BCUT2D eigenvalue weighted by Crippen LogP contribution is -2.45. The molecule has 0 aromatic heterocycles. The molecule has 0 aliphatic carbocycles. The van der Waals surface area contributed by atoms with Crippen LogP contribution in [-0.2, 0) is 11.3 Å². The first-order valence-electron chi connectivity index (χ1n) is 5.84. The Bertz CT molecular complexity index is 342. The summed E-state index contributed by atoms with van der Waals surface area (Å²) in [5, 5.41) is 0. The highest BCUT2D eigenvalue weighted by molar-refractivity contribution is 14.1. The summed E-state index contributed by atoms with van der Waals surface area (Å²) in [6.45, 7) is 3.74. The van der Waals surface area contributed by atoms with Crippen molar-refractivity contribution in [3.05, 3.63) is 29.8 Å². The van der Waals surface area contributed by atoms with E-state index in [0.717, 1.165) is 36.5 Å². The van der Waals surface area contributed by atoms with Crippen molar-refractivity contribution in [2.24, 2.45) is 0 Å². The van der Waals surface area contributed by atoms with Crippen molar-refractivity contribution < 1.29 is 9.47 Å². The molecule has 3 nitrogen and oxygen atoms in total. The van der Waals surface area contributed by atoms with Gasteiger partial charge in [-0.15, -0.1) is 0 Å². The summed E-state index contributed by atoms with van der Waals surface area (Å²) in [5.74, 6) is 0.918. The minimum atomic E-state index is 0.548. The molecule has 0 amide bonds. The summed E-state index contributed by atoms with van der Waals surface area (Å²) >= 11 is 2.43. The van der Waals surface area contributed by atoms with Gasteiger partial charge in [0, 0.05) is 23.6 Å². The summed E-state index contributed by atoms with van der Waals surface area (Å²) in [6, 6.07) is 8.87. The van der Waals surface area contributed by atoms with Gasteiger partial charge in [-0.05, 0) is 17.7 Å². The topological polar surface area (TPSA) is 21.7 Å². The normalized spacial score (nSPS) is 21.4. The Kier molecular flexibility index (Phi) is 5.06. The monoisotopic (exact) mass is 347 g/mol. The number of ether oxygens (including phenoxy) is 2. The number of alkyl halides is 1. The van der Waals surface area contributed by atoms with Gasteiger partial charge in [-0.25, -0.2) is 0 Å². The van der Waals surface area contributed by atoms with Crippen LogP contribution in [0.5, 0.6) is 5.75 Å². The molecule has 0 N–H and O–H groups in total. The maximum absolute atomic E-state index is 5.51. The van der Waals surface area contributed by atoms with E-state index in [9.17, 15) is 0 Å². The predicted molar refractivity (Wildman–Crippen MR) is 76.9 cm³/mol. The smallest absolute Gasteiger partial charge is 0.118 e. The molecule has 2 rings (SSSR count). The van der Waals surface area contributed by atoms with E-state index in [1.54, 1.807) is 7.11 Å². The second-order valence-corrected chi connectivity index (χ2v) is 5.08. The molecule has 1 fully saturated rings. The molecule has 1 saturated heterocycles. The molecule has 1 atom stereocenters. The Labute approximate surface area is 116 Å². The number of hydrogen-bond acceptors (Lipinski definition) is 3. The van der Waals surface area contributed by atoms with Crippen LogP contribution in [0.4, 0.5) is 0 Å². The van der Waals surface area contributed by atoms with Gasteiger partial charge in [0.25, 0.3) is 0 Å². The van der Waals surface area contributed by atoms with Gasteiger partial charge < -0.3 is 9.47 Å². The fourth-order valence-electron chi connectivity index (χ4n) is 2.00.